The quantitative estimate of drug-likeness (QED) is 0.480. The lowest BCUT2D eigenvalue weighted by Gasteiger charge is -2.09. The number of benzene rings is 1. The van der Waals surface area contributed by atoms with E-state index in [9.17, 15) is 12.8 Å². The number of pyridine rings is 1. The first kappa shape index (κ1) is 18.9. The second-order valence-electron chi connectivity index (χ2n) is 5.75. The lowest BCUT2D eigenvalue weighted by molar-refractivity contribution is 0.597. The van der Waals surface area contributed by atoms with Crippen molar-refractivity contribution in [1.29, 1.82) is 0 Å². The predicted octanol–water partition coefficient (Wildman–Crippen LogP) is 3.68. The topological polar surface area (TPSA) is 104 Å². The van der Waals surface area contributed by atoms with Crippen LogP contribution in [-0.2, 0) is 10.0 Å². The predicted molar refractivity (Wildman–Crippen MR) is 106 cm³/mol. The molecular weight excluding hydrogens is 473 g/mol. The van der Waals surface area contributed by atoms with Gasteiger partial charge in [-0.1, -0.05) is 11.6 Å². The SMILES string of the molecule is NS(=O)(=O)c1ccc(-c2c(Cl)c3cc(F)c(Br)cc3n2-c2ncccn2)nc1. The Kier molecular flexibility index (Phi) is 4.66. The Balaban J connectivity index is 2.06. The van der Waals surface area contributed by atoms with Gasteiger partial charge >= 0.3 is 0 Å². The zero-order valence-electron chi connectivity index (χ0n) is 13.8. The maximum atomic E-state index is 14.1. The minimum Gasteiger partial charge on any atom is -0.275 e. The summed E-state index contributed by atoms with van der Waals surface area (Å²) in [4.78, 5) is 12.5. The lowest BCUT2D eigenvalue weighted by Crippen LogP contribution is -2.12. The summed E-state index contributed by atoms with van der Waals surface area (Å²) >= 11 is 9.74. The number of hydrogen-bond donors (Lipinski definition) is 1. The van der Waals surface area contributed by atoms with E-state index in [1.54, 1.807) is 29.1 Å². The number of sulfonamides is 1. The van der Waals surface area contributed by atoms with Crippen LogP contribution in [-0.4, -0.2) is 27.9 Å². The number of halogens is 3. The Morgan fingerprint density at radius 2 is 1.86 bits per heavy atom. The van der Waals surface area contributed by atoms with Crippen LogP contribution in [0.4, 0.5) is 4.39 Å². The number of aromatic nitrogens is 4. The number of nitrogens with two attached hydrogens (primary N) is 1. The highest BCUT2D eigenvalue weighted by atomic mass is 79.9. The maximum Gasteiger partial charge on any atom is 0.239 e. The molecule has 142 valence electrons. The largest absolute Gasteiger partial charge is 0.275 e. The van der Waals surface area contributed by atoms with Crippen LogP contribution in [0.25, 0.3) is 28.2 Å². The summed E-state index contributed by atoms with van der Waals surface area (Å²) in [5, 5.41) is 5.78. The summed E-state index contributed by atoms with van der Waals surface area (Å²) in [6.07, 6.45) is 4.25. The van der Waals surface area contributed by atoms with Crippen LogP contribution in [0.2, 0.25) is 5.02 Å². The molecule has 0 radical (unpaired) electrons. The van der Waals surface area contributed by atoms with Gasteiger partial charge in [-0.05, 0) is 46.3 Å². The van der Waals surface area contributed by atoms with Crippen molar-refractivity contribution in [2.24, 2.45) is 5.14 Å². The van der Waals surface area contributed by atoms with E-state index >= 15 is 0 Å². The van der Waals surface area contributed by atoms with E-state index in [1.165, 1.54) is 18.2 Å². The van der Waals surface area contributed by atoms with Crippen molar-refractivity contribution in [2.75, 3.05) is 0 Å². The van der Waals surface area contributed by atoms with Gasteiger partial charge in [0.25, 0.3) is 0 Å². The Bertz CT molecular complexity index is 1310. The van der Waals surface area contributed by atoms with Gasteiger partial charge in [0.1, 0.15) is 10.7 Å². The van der Waals surface area contributed by atoms with Crippen LogP contribution in [0.1, 0.15) is 0 Å². The molecule has 11 heteroatoms. The molecule has 0 amide bonds. The molecular formula is C17H10BrClFN5O2S. The van der Waals surface area contributed by atoms with Gasteiger partial charge in [0.05, 0.1) is 26.4 Å². The molecule has 3 heterocycles. The van der Waals surface area contributed by atoms with Crippen LogP contribution in [0.15, 0.2) is 58.3 Å². The minimum absolute atomic E-state index is 0.139. The van der Waals surface area contributed by atoms with Gasteiger partial charge in [0.2, 0.25) is 16.0 Å². The van der Waals surface area contributed by atoms with Gasteiger partial charge in [0, 0.05) is 24.0 Å². The number of hydrogen-bond acceptors (Lipinski definition) is 5. The van der Waals surface area contributed by atoms with Crippen LogP contribution in [0, 0.1) is 5.82 Å². The van der Waals surface area contributed by atoms with E-state index < -0.39 is 15.8 Å². The summed E-state index contributed by atoms with van der Waals surface area (Å²) < 4.78 is 39.0. The van der Waals surface area contributed by atoms with Crippen molar-refractivity contribution in [3.8, 4) is 17.3 Å². The molecule has 2 N–H and O–H groups in total. The summed E-state index contributed by atoms with van der Waals surface area (Å²) in [6.45, 7) is 0. The van der Waals surface area contributed by atoms with Crippen LogP contribution < -0.4 is 5.14 Å². The normalized spacial score (nSPS) is 11.9. The fourth-order valence-electron chi connectivity index (χ4n) is 2.77. The minimum atomic E-state index is -3.89. The fraction of sp³-hybridized carbons (Fsp3) is 0. The molecule has 0 unspecified atom stereocenters. The van der Waals surface area contributed by atoms with Gasteiger partial charge in [-0.2, -0.15) is 0 Å². The van der Waals surface area contributed by atoms with Crippen molar-refractivity contribution in [1.82, 2.24) is 19.5 Å². The Morgan fingerprint density at radius 1 is 1.14 bits per heavy atom. The first-order valence-electron chi connectivity index (χ1n) is 7.73. The van der Waals surface area contributed by atoms with E-state index in [1.807, 2.05) is 0 Å². The monoisotopic (exact) mass is 481 g/mol. The van der Waals surface area contributed by atoms with Crippen molar-refractivity contribution in [2.45, 2.75) is 4.90 Å². The van der Waals surface area contributed by atoms with Gasteiger partial charge < -0.3 is 0 Å². The molecule has 1 aromatic carbocycles. The zero-order valence-corrected chi connectivity index (χ0v) is 17.0. The molecule has 0 aliphatic heterocycles. The molecule has 3 aromatic heterocycles. The molecule has 0 fully saturated rings. The second-order valence-corrected chi connectivity index (χ2v) is 8.55. The number of fused-ring (bicyclic) bond motifs is 1. The molecule has 0 aliphatic carbocycles. The van der Waals surface area contributed by atoms with Crippen molar-refractivity contribution < 1.29 is 12.8 Å². The van der Waals surface area contributed by atoms with E-state index in [-0.39, 0.29) is 14.4 Å². The van der Waals surface area contributed by atoms with Gasteiger partial charge in [0.15, 0.2) is 0 Å². The summed E-state index contributed by atoms with van der Waals surface area (Å²) in [5.74, 6) is -0.185. The summed E-state index contributed by atoms with van der Waals surface area (Å²) in [5.41, 5.74) is 1.29. The van der Waals surface area contributed by atoms with Crippen molar-refractivity contribution in [3.05, 3.63) is 64.2 Å². The van der Waals surface area contributed by atoms with Gasteiger partial charge in [-0.25, -0.2) is 27.9 Å². The fourth-order valence-corrected chi connectivity index (χ4v) is 3.89. The molecule has 0 atom stereocenters. The number of nitrogens with zero attached hydrogens (tertiary/aromatic N) is 4. The molecule has 28 heavy (non-hydrogen) atoms. The van der Waals surface area contributed by atoms with E-state index in [2.05, 4.69) is 30.9 Å². The highest BCUT2D eigenvalue weighted by Crippen LogP contribution is 2.40. The third-order valence-corrected chi connectivity index (χ3v) is 5.90. The maximum absolute atomic E-state index is 14.1. The molecule has 0 saturated heterocycles. The van der Waals surface area contributed by atoms with E-state index in [0.717, 1.165) is 6.20 Å². The van der Waals surface area contributed by atoms with Gasteiger partial charge in [-0.3, -0.25) is 9.55 Å². The average Bonchev–Trinajstić information content (AvgIpc) is 2.94. The second kappa shape index (κ2) is 6.89. The Labute approximate surface area is 172 Å². The standard InChI is InChI=1S/C17H10BrClFN5O2S/c18-11-7-14-10(6-12(11)20)15(19)16(25(14)17-22-4-1-5-23-17)13-3-2-9(8-24-13)28(21,26)27/h1-8H,(H2,21,26,27). The van der Waals surface area contributed by atoms with E-state index in [0.29, 0.717) is 28.2 Å². The molecule has 0 aliphatic rings. The lowest BCUT2D eigenvalue weighted by atomic mass is 10.2. The molecule has 0 saturated carbocycles. The first-order chi connectivity index (χ1) is 13.3. The zero-order chi connectivity index (χ0) is 20.1. The molecule has 7 nitrogen and oxygen atoms in total. The third kappa shape index (κ3) is 3.18. The number of primary sulfonamides is 1. The third-order valence-electron chi connectivity index (χ3n) is 4.01. The summed E-state index contributed by atoms with van der Waals surface area (Å²) in [6, 6.07) is 7.30. The first-order valence-corrected chi connectivity index (χ1v) is 10.4. The highest BCUT2D eigenvalue weighted by Gasteiger charge is 2.23. The summed E-state index contributed by atoms with van der Waals surface area (Å²) in [7, 11) is -3.89. The average molecular weight is 483 g/mol. The molecule has 0 spiro atoms. The van der Waals surface area contributed by atoms with Crippen molar-refractivity contribution in [3.63, 3.8) is 0 Å². The van der Waals surface area contributed by atoms with Crippen LogP contribution >= 0.6 is 27.5 Å². The molecule has 4 aromatic rings. The van der Waals surface area contributed by atoms with Crippen molar-refractivity contribution >= 4 is 48.5 Å². The van der Waals surface area contributed by atoms with E-state index in [4.69, 9.17) is 16.7 Å². The highest BCUT2D eigenvalue weighted by molar-refractivity contribution is 9.10. The van der Waals surface area contributed by atoms with Crippen LogP contribution in [0.3, 0.4) is 0 Å². The molecule has 4 rings (SSSR count). The Hall–Kier alpha value is -2.40. The van der Waals surface area contributed by atoms with Crippen LogP contribution in [0.5, 0.6) is 0 Å². The Morgan fingerprint density at radius 3 is 2.46 bits per heavy atom. The van der Waals surface area contributed by atoms with Gasteiger partial charge in [-0.15, -0.1) is 0 Å². The molecule has 0 bridgehead atoms. The number of rotatable bonds is 3. The smallest absolute Gasteiger partial charge is 0.239 e.